The second kappa shape index (κ2) is 8.57. The summed E-state index contributed by atoms with van der Waals surface area (Å²) in [5, 5.41) is 23.6. The molecule has 148 valence electrons. The summed E-state index contributed by atoms with van der Waals surface area (Å²) in [6.45, 7) is 4.04. The van der Waals surface area contributed by atoms with Gasteiger partial charge in [-0.3, -0.25) is 14.9 Å². The van der Waals surface area contributed by atoms with E-state index in [-0.39, 0.29) is 24.1 Å². The molecule has 0 aliphatic rings. The second-order valence-electron chi connectivity index (χ2n) is 7.38. The smallest absolute Gasteiger partial charge is 0.293 e. The number of nitro groups is 1. The third kappa shape index (κ3) is 4.43. The van der Waals surface area contributed by atoms with Crippen molar-refractivity contribution in [3.63, 3.8) is 0 Å². The predicted molar refractivity (Wildman–Crippen MR) is 111 cm³/mol. The van der Waals surface area contributed by atoms with E-state index in [1.165, 1.54) is 0 Å². The number of non-ortho nitro benzene ring substituents is 1. The Morgan fingerprint density at radius 1 is 1.24 bits per heavy atom. The topological polar surface area (TPSA) is 112 Å². The first-order chi connectivity index (χ1) is 13.9. The van der Waals surface area contributed by atoms with Crippen LogP contribution in [0.5, 0.6) is 0 Å². The van der Waals surface area contributed by atoms with Gasteiger partial charge in [0.05, 0.1) is 16.9 Å². The van der Waals surface area contributed by atoms with Gasteiger partial charge in [-0.05, 0) is 41.2 Å². The lowest BCUT2D eigenvalue weighted by Crippen LogP contribution is -2.30. The minimum atomic E-state index is -0.400. The highest BCUT2D eigenvalue weighted by molar-refractivity contribution is 5.93. The lowest BCUT2D eigenvalue weighted by atomic mass is 9.87. The van der Waals surface area contributed by atoms with E-state index in [1.807, 2.05) is 50.2 Å². The fourth-order valence-electron chi connectivity index (χ4n) is 3.51. The summed E-state index contributed by atoms with van der Waals surface area (Å²) in [5.74, 6) is -0.299. The van der Waals surface area contributed by atoms with Crippen molar-refractivity contribution in [3.8, 4) is 17.2 Å². The zero-order valence-electron chi connectivity index (χ0n) is 16.3. The van der Waals surface area contributed by atoms with Crippen molar-refractivity contribution in [2.75, 3.05) is 6.54 Å². The van der Waals surface area contributed by atoms with E-state index >= 15 is 0 Å². The molecule has 0 radical (unpaired) electrons. The molecule has 1 aromatic heterocycles. The Hall–Kier alpha value is -3.66. The minimum Gasteiger partial charge on any atom is -0.356 e. The number of benzene rings is 2. The van der Waals surface area contributed by atoms with E-state index in [9.17, 15) is 14.9 Å². The lowest BCUT2D eigenvalue weighted by molar-refractivity contribution is -0.383. The van der Waals surface area contributed by atoms with Crippen LogP contribution in [0.2, 0.25) is 0 Å². The van der Waals surface area contributed by atoms with E-state index < -0.39 is 10.8 Å². The van der Waals surface area contributed by atoms with E-state index in [2.05, 4.69) is 10.3 Å². The number of carbonyl (C=O) groups excluding carboxylic acids is 1. The maximum atomic E-state index is 12.6. The third-order valence-electron chi connectivity index (χ3n) is 4.82. The number of aromatic amines is 1. The molecule has 0 saturated heterocycles. The van der Waals surface area contributed by atoms with Crippen molar-refractivity contribution in [2.45, 2.75) is 26.2 Å². The number of nitro benzene ring substituents is 1. The SMILES string of the molecule is CC(C)CC(C(=O)NCC#N)c1cccc(-c2cc([N+](=O)[O-])c3[nH]ccc3c2)c1. The van der Waals surface area contributed by atoms with Crippen molar-refractivity contribution in [2.24, 2.45) is 5.92 Å². The first kappa shape index (κ1) is 20.1. The van der Waals surface area contributed by atoms with Crippen LogP contribution in [0.1, 0.15) is 31.7 Å². The van der Waals surface area contributed by atoms with Gasteiger partial charge in [-0.1, -0.05) is 38.1 Å². The molecule has 1 unspecified atom stereocenters. The molecule has 2 N–H and O–H groups in total. The van der Waals surface area contributed by atoms with Gasteiger partial charge in [0.15, 0.2) is 0 Å². The van der Waals surface area contributed by atoms with Gasteiger partial charge in [0.25, 0.3) is 5.69 Å². The maximum Gasteiger partial charge on any atom is 0.293 e. The van der Waals surface area contributed by atoms with Crippen LogP contribution in [0.25, 0.3) is 22.0 Å². The maximum absolute atomic E-state index is 12.6. The number of rotatable bonds is 7. The molecule has 0 spiro atoms. The number of hydrogen-bond acceptors (Lipinski definition) is 4. The van der Waals surface area contributed by atoms with E-state index in [0.29, 0.717) is 17.5 Å². The van der Waals surface area contributed by atoms with Gasteiger partial charge in [-0.2, -0.15) is 5.26 Å². The van der Waals surface area contributed by atoms with Crippen molar-refractivity contribution >= 4 is 22.5 Å². The van der Waals surface area contributed by atoms with Gasteiger partial charge in [0.1, 0.15) is 12.1 Å². The number of amides is 1. The van der Waals surface area contributed by atoms with Crippen molar-refractivity contribution < 1.29 is 9.72 Å². The first-order valence-corrected chi connectivity index (χ1v) is 9.41. The molecule has 2 aromatic carbocycles. The van der Waals surface area contributed by atoms with Gasteiger partial charge in [-0.25, -0.2) is 0 Å². The fraction of sp³-hybridized carbons (Fsp3) is 0.273. The van der Waals surface area contributed by atoms with Crippen LogP contribution in [0.4, 0.5) is 5.69 Å². The van der Waals surface area contributed by atoms with Crippen LogP contribution in [0, 0.1) is 27.4 Å². The molecule has 3 aromatic rings. The average molecular weight is 390 g/mol. The van der Waals surface area contributed by atoms with Crippen LogP contribution in [-0.2, 0) is 4.79 Å². The van der Waals surface area contributed by atoms with Crippen LogP contribution >= 0.6 is 0 Å². The highest BCUT2D eigenvalue weighted by Gasteiger charge is 2.22. The Bertz CT molecular complexity index is 1090. The molecule has 3 rings (SSSR count). The number of nitrogens with zero attached hydrogens (tertiary/aromatic N) is 2. The zero-order valence-corrected chi connectivity index (χ0v) is 16.3. The van der Waals surface area contributed by atoms with E-state index in [1.54, 1.807) is 18.3 Å². The number of fused-ring (bicyclic) bond motifs is 1. The number of nitriles is 1. The van der Waals surface area contributed by atoms with Gasteiger partial charge in [0, 0.05) is 17.6 Å². The Labute approximate surface area is 168 Å². The fourth-order valence-corrected chi connectivity index (χ4v) is 3.51. The molecule has 7 nitrogen and oxygen atoms in total. The van der Waals surface area contributed by atoms with Crippen molar-refractivity contribution in [1.29, 1.82) is 5.26 Å². The Morgan fingerprint density at radius 3 is 2.72 bits per heavy atom. The second-order valence-corrected chi connectivity index (χ2v) is 7.38. The van der Waals surface area contributed by atoms with Crippen LogP contribution in [-0.4, -0.2) is 22.4 Å². The van der Waals surface area contributed by atoms with Crippen LogP contribution < -0.4 is 5.32 Å². The summed E-state index contributed by atoms with van der Waals surface area (Å²) in [5.41, 5.74) is 2.84. The van der Waals surface area contributed by atoms with Gasteiger partial charge >= 0.3 is 0 Å². The molecule has 29 heavy (non-hydrogen) atoms. The summed E-state index contributed by atoms with van der Waals surface area (Å²) in [7, 11) is 0. The molecule has 0 aliphatic heterocycles. The highest BCUT2D eigenvalue weighted by Crippen LogP contribution is 2.33. The number of nitrogens with one attached hydrogen (secondary N) is 2. The Morgan fingerprint density at radius 2 is 2.03 bits per heavy atom. The molecule has 1 amide bonds. The summed E-state index contributed by atoms with van der Waals surface area (Å²) in [6.07, 6.45) is 2.31. The molecule has 0 saturated carbocycles. The highest BCUT2D eigenvalue weighted by atomic mass is 16.6. The number of aromatic nitrogens is 1. The van der Waals surface area contributed by atoms with Crippen LogP contribution in [0.15, 0.2) is 48.7 Å². The standard InChI is InChI=1S/C22H22N4O3/c1-14(2)10-19(22(27)25-9-7-23)16-5-3-4-15(11-16)18-12-17-6-8-24-21(17)20(13-18)26(28)29/h3-6,8,11-14,19,24H,9-10H2,1-2H3,(H,25,27). The quantitative estimate of drug-likeness (QED) is 0.351. The molecule has 0 aliphatic carbocycles. The summed E-state index contributed by atoms with van der Waals surface area (Å²) in [4.78, 5) is 26.6. The largest absolute Gasteiger partial charge is 0.356 e. The summed E-state index contributed by atoms with van der Waals surface area (Å²) >= 11 is 0. The van der Waals surface area contributed by atoms with E-state index in [4.69, 9.17) is 5.26 Å². The molecular formula is C22H22N4O3. The third-order valence-corrected chi connectivity index (χ3v) is 4.82. The van der Waals surface area contributed by atoms with E-state index in [0.717, 1.165) is 16.5 Å². The molecule has 1 heterocycles. The average Bonchev–Trinajstić information content (AvgIpc) is 3.18. The molecule has 0 bridgehead atoms. The summed E-state index contributed by atoms with van der Waals surface area (Å²) in [6, 6.07) is 14.7. The molecule has 0 fully saturated rings. The van der Waals surface area contributed by atoms with Crippen LogP contribution in [0.3, 0.4) is 0 Å². The molecule has 1 atom stereocenters. The number of carbonyl (C=O) groups is 1. The zero-order chi connectivity index (χ0) is 21.0. The Kier molecular flexibility index (Phi) is 5.93. The van der Waals surface area contributed by atoms with Gasteiger partial charge in [-0.15, -0.1) is 0 Å². The first-order valence-electron chi connectivity index (χ1n) is 9.41. The normalized spacial score (nSPS) is 11.9. The summed E-state index contributed by atoms with van der Waals surface area (Å²) < 4.78 is 0. The van der Waals surface area contributed by atoms with Crippen molar-refractivity contribution in [3.05, 3.63) is 64.3 Å². The predicted octanol–water partition coefficient (Wildman–Crippen LogP) is 4.51. The number of hydrogen-bond donors (Lipinski definition) is 2. The van der Waals surface area contributed by atoms with Gasteiger partial charge < -0.3 is 10.3 Å². The monoisotopic (exact) mass is 390 g/mol. The minimum absolute atomic E-state index is 0.0124. The molecular weight excluding hydrogens is 368 g/mol. The lowest BCUT2D eigenvalue weighted by Gasteiger charge is -2.19. The number of H-pyrrole nitrogens is 1. The van der Waals surface area contributed by atoms with Gasteiger partial charge in [0.2, 0.25) is 5.91 Å². The van der Waals surface area contributed by atoms with Crippen molar-refractivity contribution in [1.82, 2.24) is 10.3 Å². The molecule has 7 heteroatoms. The Balaban J connectivity index is 2.04.